The van der Waals surface area contributed by atoms with E-state index in [0.717, 1.165) is 31.0 Å². The molecule has 27 heavy (non-hydrogen) atoms. The quantitative estimate of drug-likeness (QED) is 0.173. The lowest BCUT2D eigenvalue weighted by atomic mass is 9.97. The van der Waals surface area contributed by atoms with Gasteiger partial charge in [0, 0.05) is 32.5 Å². The fourth-order valence-electron chi connectivity index (χ4n) is 2.80. The van der Waals surface area contributed by atoms with Gasteiger partial charge in [-0.3, -0.25) is 0 Å². The van der Waals surface area contributed by atoms with Gasteiger partial charge in [0.05, 0.1) is 13.2 Å². The lowest BCUT2D eigenvalue weighted by Gasteiger charge is -2.15. The van der Waals surface area contributed by atoms with E-state index in [0.29, 0.717) is 25.6 Å². The van der Waals surface area contributed by atoms with Crippen molar-refractivity contribution in [1.29, 1.82) is 0 Å². The van der Waals surface area contributed by atoms with Gasteiger partial charge in [-0.15, -0.1) is 24.0 Å². The molecule has 2 rings (SSSR count). The van der Waals surface area contributed by atoms with Crippen LogP contribution in [0.15, 0.2) is 35.0 Å². The third-order valence-electron chi connectivity index (χ3n) is 4.22. The molecule has 0 saturated carbocycles. The van der Waals surface area contributed by atoms with Crippen molar-refractivity contribution in [1.82, 2.24) is 15.6 Å². The molecule has 0 aromatic carbocycles. The van der Waals surface area contributed by atoms with E-state index in [4.69, 9.17) is 9.47 Å². The molecule has 6 nitrogen and oxygen atoms in total. The molecule has 0 saturated heterocycles. The molecule has 1 aromatic rings. The molecule has 2 N–H and O–H groups in total. The minimum atomic E-state index is 0. The number of methoxy groups -OCH3 is 1. The second kappa shape index (κ2) is 14.7. The standard InChI is InChI=1S/C20H32N4O2.HI/c1-3-21-20(22-12-11-17-7-5-4-6-8-17)24-16-18-9-10-19(23-15-18)26-14-13-25-2;/h7,9-10,15H,3-6,8,11-14,16H2,1-2H3,(H2,21,22,24);1H. The highest BCUT2D eigenvalue weighted by atomic mass is 127. The van der Waals surface area contributed by atoms with Gasteiger partial charge in [0.25, 0.3) is 0 Å². The van der Waals surface area contributed by atoms with Crippen molar-refractivity contribution in [2.45, 2.75) is 45.6 Å². The van der Waals surface area contributed by atoms with Gasteiger partial charge < -0.3 is 20.1 Å². The van der Waals surface area contributed by atoms with Gasteiger partial charge in [-0.25, -0.2) is 9.98 Å². The van der Waals surface area contributed by atoms with Crippen LogP contribution in [-0.2, 0) is 11.3 Å². The second-order valence-corrected chi connectivity index (χ2v) is 6.33. The van der Waals surface area contributed by atoms with Gasteiger partial charge in [-0.2, -0.15) is 0 Å². The Labute approximate surface area is 180 Å². The highest BCUT2D eigenvalue weighted by Gasteiger charge is 2.04. The summed E-state index contributed by atoms with van der Waals surface area (Å²) >= 11 is 0. The Bertz CT molecular complexity index is 576. The van der Waals surface area contributed by atoms with Crippen molar-refractivity contribution in [3.63, 3.8) is 0 Å². The van der Waals surface area contributed by atoms with Crippen LogP contribution < -0.4 is 15.4 Å². The van der Waals surface area contributed by atoms with E-state index >= 15 is 0 Å². The molecule has 1 aliphatic carbocycles. The van der Waals surface area contributed by atoms with Crippen LogP contribution in [0.2, 0.25) is 0 Å². The Kier molecular flexibility index (Phi) is 12.9. The third kappa shape index (κ3) is 9.95. The van der Waals surface area contributed by atoms with Crippen LogP contribution in [0, 0.1) is 0 Å². The number of rotatable bonds is 10. The van der Waals surface area contributed by atoms with Crippen LogP contribution in [0.4, 0.5) is 0 Å². The summed E-state index contributed by atoms with van der Waals surface area (Å²) in [5.74, 6) is 1.46. The predicted molar refractivity (Wildman–Crippen MR) is 121 cm³/mol. The molecule has 7 heteroatoms. The van der Waals surface area contributed by atoms with E-state index in [1.807, 2.05) is 18.3 Å². The molecule has 1 aliphatic rings. The highest BCUT2D eigenvalue weighted by Crippen LogP contribution is 2.19. The maximum Gasteiger partial charge on any atom is 0.213 e. The molecule has 0 bridgehead atoms. The molecule has 0 aliphatic heterocycles. The van der Waals surface area contributed by atoms with Gasteiger partial charge in [0.2, 0.25) is 5.88 Å². The summed E-state index contributed by atoms with van der Waals surface area (Å²) in [4.78, 5) is 8.95. The molecule has 0 spiro atoms. The molecular weight excluding hydrogens is 455 g/mol. The van der Waals surface area contributed by atoms with Crippen LogP contribution in [-0.4, -0.2) is 44.4 Å². The molecule has 0 fully saturated rings. The molecule has 0 radical (unpaired) electrons. The van der Waals surface area contributed by atoms with Gasteiger partial charge in [0.15, 0.2) is 5.96 Å². The average Bonchev–Trinajstić information content (AvgIpc) is 2.68. The highest BCUT2D eigenvalue weighted by molar-refractivity contribution is 14.0. The van der Waals surface area contributed by atoms with Crippen LogP contribution in [0.5, 0.6) is 5.88 Å². The molecular formula is C20H33IN4O2. The molecule has 0 atom stereocenters. The van der Waals surface area contributed by atoms with Crippen LogP contribution >= 0.6 is 24.0 Å². The van der Waals surface area contributed by atoms with Gasteiger partial charge in [0.1, 0.15) is 6.61 Å². The topological polar surface area (TPSA) is 67.8 Å². The van der Waals surface area contributed by atoms with Crippen molar-refractivity contribution >= 4 is 29.9 Å². The summed E-state index contributed by atoms with van der Waals surface area (Å²) in [6, 6.07) is 3.87. The predicted octanol–water partition coefficient (Wildman–Crippen LogP) is 3.67. The Morgan fingerprint density at radius 1 is 1.22 bits per heavy atom. The lowest BCUT2D eigenvalue weighted by molar-refractivity contribution is 0.143. The average molecular weight is 488 g/mol. The molecule has 0 unspecified atom stereocenters. The number of halogens is 1. The van der Waals surface area contributed by atoms with Gasteiger partial charge in [-0.1, -0.05) is 17.7 Å². The molecule has 152 valence electrons. The van der Waals surface area contributed by atoms with E-state index in [-0.39, 0.29) is 24.0 Å². The van der Waals surface area contributed by atoms with Crippen LogP contribution in [0.25, 0.3) is 0 Å². The zero-order valence-electron chi connectivity index (χ0n) is 16.5. The number of hydrogen-bond acceptors (Lipinski definition) is 4. The number of guanidine groups is 1. The van der Waals surface area contributed by atoms with E-state index in [1.165, 1.54) is 25.7 Å². The summed E-state index contributed by atoms with van der Waals surface area (Å²) < 4.78 is 10.4. The number of aromatic nitrogens is 1. The maximum atomic E-state index is 5.47. The van der Waals surface area contributed by atoms with E-state index in [2.05, 4.69) is 33.6 Å². The Balaban J connectivity index is 0.00000364. The monoisotopic (exact) mass is 488 g/mol. The first kappa shape index (κ1) is 23.7. The van der Waals surface area contributed by atoms with Gasteiger partial charge in [-0.05, 0) is 44.6 Å². The van der Waals surface area contributed by atoms with Crippen molar-refractivity contribution in [2.24, 2.45) is 4.99 Å². The number of nitrogens with zero attached hydrogens (tertiary/aromatic N) is 2. The van der Waals surface area contributed by atoms with Crippen molar-refractivity contribution < 1.29 is 9.47 Å². The number of ether oxygens (including phenoxy) is 2. The first-order valence-corrected chi connectivity index (χ1v) is 9.58. The first-order valence-electron chi connectivity index (χ1n) is 9.58. The largest absolute Gasteiger partial charge is 0.475 e. The third-order valence-corrected chi connectivity index (χ3v) is 4.22. The maximum absolute atomic E-state index is 5.47. The minimum absolute atomic E-state index is 0. The Morgan fingerprint density at radius 3 is 2.78 bits per heavy atom. The van der Waals surface area contributed by atoms with E-state index in [9.17, 15) is 0 Å². The summed E-state index contributed by atoms with van der Waals surface area (Å²) in [5, 5.41) is 6.72. The molecule has 1 aromatic heterocycles. The number of nitrogens with one attached hydrogen (secondary N) is 2. The summed E-state index contributed by atoms with van der Waals surface area (Å²) in [6.07, 6.45) is 10.5. The number of aliphatic imine (C=N–C) groups is 1. The molecule has 0 amide bonds. The summed E-state index contributed by atoms with van der Waals surface area (Å²) in [6.45, 7) is 5.49. The number of allylic oxidation sites excluding steroid dienone is 1. The SMILES string of the molecule is CCNC(=NCc1ccc(OCCOC)nc1)NCCC1=CCCCC1.I. The second-order valence-electron chi connectivity index (χ2n) is 6.33. The zero-order valence-corrected chi connectivity index (χ0v) is 18.8. The van der Waals surface area contributed by atoms with E-state index in [1.54, 1.807) is 12.7 Å². The summed E-state index contributed by atoms with van der Waals surface area (Å²) in [5.41, 5.74) is 2.63. The first-order chi connectivity index (χ1) is 12.8. The van der Waals surface area contributed by atoms with Crippen LogP contribution in [0.1, 0.15) is 44.6 Å². The Hall–Kier alpha value is -1.35. The van der Waals surface area contributed by atoms with Crippen LogP contribution in [0.3, 0.4) is 0 Å². The number of hydrogen-bond donors (Lipinski definition) is 2. The van der Waals surface area contributed by atoms with Crippen molar-refractivity contribution in [3.8, 4) is 5.88 Å². The fraction of sp³-hybridized carbons (Fsp3) is 0.600. The normalized spacial score (nSPS) is 14.1. The summed E-state index contributed by atoms with van der Waals surface area (Å²) in [7, 11) is 1.65. The van der Waals surface area contributed by atoms with E-state index < -0.39 is 0 Å². The van der Waals surface area contributed by atoms with Crippen molar-refractivity contribution in [3.05, 3.63) is 35.5 Å². The zero-order chi connectivity index (χ0) is 18.5. The smallest absolute Gasteiger partial charge is 0.213 e. The Morgan fingerprint density at radius 2 is 2.11 bits per heavy atom. The molecule has 1 heterocycles. The van der Waals surface area contributed by atoms with Gasteiger partial charge >= 0.3 is 0 Å². The lowest BCUT2D eigenvalue weighted by Crippen LogP contribution is -2.37. The minimum Gasteiger partial charge on any atom is -0.475 e. The number of pyridine rings is 1. The van der Waals surface area contributed by atoms with Crippen molar-refractivity contribution in [2.75, 3.05) is 33.4 Å². The fourth-order valence-corrected chi connectivity index (χ4v) is 2.80.